The van der Waals surface area contributed by atoms with Crippen LogP contribution in [-0.2, 0) is 4.74 Å². The Hall–Kier alpha value is -1.42. The number of hydrogen-bond acceptors (Lipinski definition) is 3. The van der Waals surface area contributed by atoms with Gasteiger partial charge in [0, 0.05) is 16.1 Å². The first kappa shape index (κ1) is 13.0. The molecular formula is C14H14BrNO2. The number of rotatable bonds is 1. The highest BCUT2D eigenvalue weighted by atomic mass is 79.9. The van der Waals surface area contributed by atoms with Gasteiger partial charge >= 0.3 is 5.97 Å². The predicted octanol–water partition coefficient (Wildman–Crippen LogP) is 3.95. The van der Waals surface area contributed by atoms with Crippen LogP contribution >= 0.6 is 15.9 Å². The lowest BCUT2D eigenvalue weighted by Gasteiger charge is -2.19. The third-order valence-corrected chi connectivity index (χ3v) is 3.01. The fraction of sp³-hybridized carbons (Fsp3) is 0.286. The van der Waals surface area contributed by atoms with Crippen molar-refractivity contribution in [3.63, 3.8) is 0 Å². The first-order valence-electron chi connectivity index (χ1n) is 5.64. The van der Waals surface area contributed by atoms with E-state index in [4.69, 9.17) is 4.74 Å². The summed E-state index contributed by atoms with van der Waals surface area (Å²) in [7, 11) is 0. The van der Waals surface area contributed by atoms with Crippen LogP contribution < -0.4 is 0 Å². The number of fused-ring (bicyclic) bond motifs is 1. The van der Waals surface area contributed by atoms with Crippen LogP contribution in [0.15, 0.2) is 34.9 Å². The van der Waals surface area contributed by atoms with Crippen LogP contribution in [-0.4, -0.2) is 16.6 Å². The summed E-state index contributed by atoms with van der Waals surface area (Å²) < 4.78 is 6.25. The Morgan fingerprint density at radius 2 is 2.00 bits per heavy atom. The molecule has 0 aliphatic carbocycles. The van der Waals surface area contributed by atoms with Gasteiger partial charge in [-0.15, -0.1) is 0 Å². The molecule has 18 heavy (non-hydrogen) atoms. The maximum Gasteiger partial charge on any atom is 0.338 e. The molecule has 2 aromatic rings. The first-order chi connectivity index (χ1) is 8.37. The molecular weight excluding hydrogens is 294 g/mol. The van der Waals surface area contributed by atoms with Gasteiger partial charge in [-0.2, -0.15) is 0 Å². The van der Waals surface area contributed by atoms with Gasteiger partial charge in [-0.3, -0.25) is 4.98 Å². The summed E-state index contributed by atoms with van der Waals surface area (Å²) >= 11 is 3.45. The molecule has 0 radical (unpaired) electrons. The number of pyridine rings is 1. The summed E-state index contributed by atoms with van der Waals surface area (Å²) in [6.07, 6.45) is 1.72. The molecule has 0 bridgehead atoms. The summed E-state index contributed by atoms with van der Waals surface area (Å²) in [5.74, 6) is -0.319. The lowest BCUT2D eigenvalue weighted by atomic mass is 10.1. The number of carbonyl (C=O) groups excluding carboxylic acids is 1. The van der Waals surface area contributed by atoms with Gasteiger partial charge in [-0.1, -0.05) is 15.9 Å². The minimum absolute atomic E-state index is 0.319. The molecule has 4 heteroatoms. The molecule has 0 spiro atoms. The zero-order valence-corrected chi connectivity index (χ0v) is 12.1. The van der Waals surface area contributed by atoms with E-state index in [0.717, 1.165) is 15.4 Å². The van der Waals surface area contributed by atoms with Crippen molar-refractivity contribution in [2.75, 3.05) is 0 Å². The monoisotopic (exact) mass is 307 g/mol. The molecule has 2 rings (SSSR count). The van der Waals surface area contributed by atoms with E-state index in [1.165, 1.54) is 0 Å². The maximum absolute atomic E-state index is 12.0. The molecule has 3 nitrogen and oxygen atoms in total. The fourth-order valence-corrected chi connectivity index (χ4v) is 2.01. The SMILES string of the molecule is CC(C)(C)OC(=O)c1ccc2nccc(Br)c2c1. The van der Waals surface area contributed by atoms with Gasteiger partial charge in [0.15, 0.2) is 0 Å². The van der Waals surface area contributed by atoms with E-state index >= 15 is 0 Å². The van der Waals surface area contributed by atoms with Crippen LogP contribution in [0.1, 0.15) is 31.1 Å². The van der Waals surface area contributed by atoms with Gasteiger partial charge in [0.2, 0.25) is 0 Å². The number of carbonyl (C=O) groups is 1. The second-order valence-corrected chi connectivity index (χ2v) is 5.88. The molecule has 94 valence electrons. The number of aromatic nitrogens is 1. The summed E-state index contributed by atoms with van der Waals surface area (Å²) in [5.41, 5.74) is 0.890. The van der Waals surface area contributed by atoms with Crippen molar-refractivity contribution in [2.45, 2.75) is 26.4 Å². The minimum Gasteiger partial charge on any atom is -0.456 e. The third-order valence-electron chi connectivity index (χ3n) is 2.32. The van der Waals surface area contributed by atoms with Gasteiger partial charge < -0.3 is 4.74 Å². The van der Waals surface area contributed by atoms with Crippen LogP contribution in [0, 0.1) is 0 Å². The van der Waals surface area contributed by atoms with Crippen molar-refractivity contribution in [1.29, 1.82) is 0 Å². The van der Waals surface area contributed by atoms with Crippen LogP contribution in [0.5, 0.6) is 0 Å². The second-order valence-electron chi connectivity index (χ2n) is 5.03. The van der Waals surface area contributed by atoms with Crippen LogP contribution in [0.3, 0.4) is 0 Å². The molecule has 1 aromatic carbocycles. The Labute approximate surface area is 114 Å². The normalized spacial score (nSPS) is 11.6. The Balaban J connectivity index is 2.41. The summed E-state index contributed by atoms with van der Waals surface area (Å²) in [6.45, 7) is 5.55. The number of halogens is 1. The fourth-order valence-electron chi connectivity index (χ4n) is 1.58. The number of ether oxygens (including phenoxy) is 1. The van der Waals surface area contributed by atoms with Crippen molar-refractivity contribution in [1.82, 2.24) is 4.98 Å². The van der Waals surface area contributed by atoms with Crippen molar-refractivity contribution >= 4 is 32.8 Å². The van der Waals surface area contributed by atoms with Gasteiger partial charge in [0.25, 0.3) is 0 Å². The summed E-state index contributed by atoms with van der Waals surface area (Å²) in [6, 6.07) is 7.19. The van der Waals surface area contributed by atoms with Crippen molar-refractivity contribution in [3.8, 4) is 0 Å². The number of hydrogen-bond donors (Lipinski definition) is 0. The highest BCUT2D eigenvalue weighted by Gasteiger charge is 2.18. The van der Waals surface area contributed by atoms with E-state index in [2.05, 4.69) is 20.9 Å². The molecule has 1 heterocycles. The van der Waals surface area contributed by atoms with E-state index in [-0.39, 0.29) is 5.97 Å². The van der Waals surface area contributed by atoms with Gasteiger partial charge in [0.05, 0.1) is 11.1 Å². The number of benzene rings is 1. The van der Waals surface area contributed by atoms with Gasteiger partial charge in [-0.05, 0) is 45.0 Å². The van der Waals surface area contributed by atoms with Crippen molar-refractivity contribution in [2.24, 2.45) is 0 Å². The molecule has 0 atom stereocenters. The smallest absolute Gasteiger partial charge is 0.338 e. The Morgan fingerprint density at radius 1 is 1.28 bits per heavy atom. The average Bonchev–Trinajstić information content (AvgIpc) is 2.27. The molecule has 0 amide bonds. The van der Waals surface area contributed by atoms with Crippen LogP contribution in [0.4, 0.5) is 0 Å². The van der Waals surface area contributed by atoms with E-state index in [9.17, 15) is 4.79 Å². The molecule has 1 aromatic heterocycles. The Morgan fingerprint density at radius 3 is 2.67 bits per heavy atom. The molecule has 0 saturated carbocycles. The molecule has 0 aliphatic heterocycles. The lowest BCUT2D eigenvalue weighted by Crippen LogP contribution is -2.23. The molecule has 0 fully saturated rings. The molecule has 0 saturated heterocycles. The second kappa shape index (κ2) is 4.69. The van der Waals surface area contributed by atoms with E-state index in [0.29, 0.717) is 5.56 Å². The number of nitrogens with zero attached hydrogens (tertiary/aromatic N) is 1. The number of esters is 1. The van der Waals surface area contributed by atoms with E-state index in [1.54, 1.807) is 18.3 Å². The third kappa shape index (κ3) is 2.88. The molecule has 0 unspecified atom stereocenters. The maximum atomic E-state index is 12.0. The minimum atomic E-state index is -0.488. The lowest BCUT2D eigenvalue weighted by molar-refractivity contribution is 0.00697. The zero-order valence-electron chi connectivity index (χ0n) is 10.5. The predicted molar refractivity (Wildman–Crippen MR) is 74.6 cm³/mol. The largest absolute Gasteiger partial charge is 0.456 e. The highest BCUT2D eigenvalue weighted by Crippen LogP contribution is 2.24. The highest BCUT2D eigenvalue weighted by molar-refractivity contribution is 9.10. The van der Waals surface area contributed by atoms with Gasteiger partial charge in [-0.25, -0.2) is 4.79 Å². The summed E-state index contributed by atoms with van der Waals surface area (Å²) in [5, 5.41) is 0.904. The topological polar surface area (TPSA) is 39.2 Å². The standard InChI is InChI=1S/C14H14BrNO2/c1-14(2,3)18-13(17)9-4-5-12-10(8-9)11(15)6-7-16-12/h4-8H,1-3H3. The average molecular weight is 308 g/mol. The Kier molecular flexibility index (Phi) is 3.39. The van der Waals surface area contributed by atoms with E-state index < -0.39 is 5.60 Å². The molecule has 0 N–H and O–H groups in total. The Bertz CT molecular complexity index is 602. The molecule has 0 aliphatic rings. The van der Waals surface area contributed by atoms with Crippen molar-refractivity contribution < 1.29 is 9.53 Å². The van der Waals surface area contributed by atoms with Gasteiger partial charge in [0.1, 0.15) is 5.60 Å². The van der Waals surface area contributed by atoms with Crippen LogP contribution in [0.25, 0.3) is 10.9 Å². The summed E-state index contributed by atoms with van der Waals surface area (Å²) in [4.78, 5) is 16.2. The quantitative estimate of drug-likeness (QED) is 0.749. The van der Waals surface area contributed by atoms with E-state index in [1.807, 2.05) is 32.9 Å². The zero-order chi connectivity index (χ0) is 13.3. The van der Waals surface area contributed by atoms with Crippen LogP contribution in [0.2, 0.25) is 0 Å². The first-order valence-corrected chi connectivity index (χ1v) is 6.44. The van der Waals surface area contributed by atoms with Crippen molar-refractivity contribution in [3.05, 3.63) is 40.5 Å².